The van der Waals surface area contributed by atoms with Crippen LogP contribution in [0, 0.1) is 0 Å². The molecule has 0 saturated carbocycles. The summed E-state index contributed by atoms with van der Waals surface area (Å²) in [4.78, 5) is 4.91. The van der Waals surface area contributed by atoms with Gasteiger partial charge in [-0.25, -0.2) is 0 Å². The third-order valence-corrected chi connectivity index (χ3v) is 19.0. The van der Waals surface area contributed by atoms with Crippen molar-refractivity contribution in [2.75, 3.05) is 9.80 Å². The smallest absolute Gasteiger partial charge is 0.0465 e. The third kappa shape index (κ3) is 12.4. The Hall–Kier alpha value is -8.98. The van der Waals surface area contributed by atoms with E-state index in [1.165, 1.54) is 191 Å². The molecule has 0 saturated heterocycles. The van der Waals surface area contributed by atoms with E-state index in [-0.39, 0.29) is 5.41 Å². The van der Waals surface area contributed by atoms with Crippen LogP contribution in [0.1, 0.15) is 126 Å². The molecule has 0 fully saturated rings. The van der Waals surface area contributed by atoms with Gasteiger partial charge in [0.05, 0.1) is 0 Å². The van der Waals surface area contributed by atoms with Crippen LogP contribution < -0.4 is 9.80 Å². The Bertz CT molecular complexity index is 4000. The van der Waals surface area contributed by atoms with Crippen molar-refractivity contribution in [2.24, 2.45) is 0 Å². The lowest BCUT2D eigenvalue weighted by molar-refractivity contribution is 0.398. The summed E-state index contributed by atoms with van der Waals surface area (Å²) in [5, 5.41) is 0. The summed E-state index contributed by atoms with van der Waals surface area (Å²) in [6.07, 6.45) is 20.4. The third-order valence-electron chi connectivity index (χ3n) is 19.0. The fraction of sp³-hybridized carbons (Fsp3) is 0.224. The average molecular weight is 1130 g/mol. The minimum atomic E-state index is -0.00737. The lowest BCUT2D eigenvalue weighted by Crippen LogP contribution is -2.26. The van der Waals surface area contributed by atoms with Crippen molar-refractivity contribution in [3.8, 4) is 66.8 Å². The monoisotopic (exact) mass is 1130 g/mol. The van der Waals surface area contributed by atoms with Crippen molar-refractivity contribution < 1.29 is 0 Å². The highest BCUT2D eigenvalue weighted by molar-refractivity contribution is 5.87. The van der Waals surface area contributed by atoms with Gasteiger partial charge in [-0.1, -0.05) is 285 Å². The summed E-state index contributed by atoms with van der Waals surface area (Å²) in [6, 6.07) is 100.0. The first-order chi connectivity index (χ1) is 43.0. The van der Waals surface area contributed by atoms with E-state index in [1.54, 1.807) is 5.56 Å². The van der Waals surface area contributed by atoms with E-state index in [9.17, 15) is 0 Å². The number of unbranched alkanes of at least 4 members (excludes halogenated alkanes) is 10. The summed E-state index contributed by atoms with van der Waals surface area (Å²) >= 11 is 0. The topological polar surface area (TPSA) is 6.48 Å². The highest BCUT2D eigenvalue weighted by Crippen LogP contribution is 2.56. The zero-order valence-corrected chi connectivity index (χ0v) is 51.1. The largest absolute Gasteiger partial charge is 0.310 e. The van der Waals surface area contributed by atoms with Crippen LogP contribution in [-0.4, -0.2) is 0 Å². The number of anilines is 6. The maximum atomic E-state index is 2.60. The van der Waals surface area contributed by atoms with Crippen molar-refractivity contribution in [3.63, 3.8) is 0 Å². The van der Waals surface area contributed by atoms with E-state index in [0.717, 1.165) is 29.2 Å². The van der Waals surface area contributed by atoms with Crippen LogP contribution in [0.15, 0.2) is 267 Å². The van der Waals surface area contributed by atoms with Crippen molar-refractivity contribution in [1.29, 1.82) is 0 Å². The Balaban J connectivity index is 0.778. The van der Waals surface area contributed by atoms with E-state index in [2.05, 4.69) is 291 Å². The van der Waals surface area contributed by atoms with Crippen LogP contribution in [0.2, 0.25) is 0 Å². The van der Waals surface area contributed by atoms with Crippen molar-refractivity contribution in [1.82, 2.24) is 0 Å². The Labute approximate surface area is 518 Å². The zero-order chi connectivity index (χ0) is 58.8. The van der Waals surface area contributed by atoms with E-state index in [1.807, 2.05) is 0 Å². The van der Waals surface area contributed by atoms with E-state index in [4.69, 9.17) is 0 Å². The lowest BCUT2D eigenvalue weighted by atomic mass is 9.70. The van der Waals surface area contributed by atoms with Gasteiger partial charge in [0, 0.05) is 39.5 Å². The number of hydrogen-bond acceptors (Lipinski definition) is 2. The van der Waals surface area contributed by atoms with Crippen LogP contribution in [0.3, 0.4) is 0 Å². The second-order valence-electron chi connectivity index (χ2n) is 24.6. The molecule has 2 nitrogen and oxygen atoms in total. The van der Waals surface area contributed by atoms with Gasteiger partial charge in [-0.3, -0.25) is 0 Å². The second-order valence-corrected chi connectivity index (χ2v) is 24.6. The predicted molar refractivity (Wildman–Crippen MR) is 373 cm³/mol. The first-order valence-electron chi connectivity index (χ1n) is 32.7. The Morgan fingerprint density at radius 3 is 0.954 bits per heavy atom. The standard InChI is InChI=1S/C85H82N2/c1-3-5-7-9-11-21-59-85(60-22-12-10-8-6-4-2)83-28-20-19-27-81(83)82-58-57-80(62-84(82)85)87(77-48-39-69(40-49-77)64-25-17-14-18-26-64)78-54-45-72(46-55-78)68-35-33-67(34-36-68)71-43-52-76(53-44-71)86(79-56-47-73-37-38-74(73)61-79)75-50-41-70(42-51-75)66-31-29-65(30-32-66)63-23-15-13-16-24-63/h13-20,23-36,39-58,61-62H,3-12,21-22,37-38,59-60H2,1-2H3. The number of aryl methyl sites for hydroxylation is 2. The molecular formula is C85H82N2. The molecule has 11 aromatic carbocycles. The average Bonchev–Trinajstić information content (AvgIpc) is 1.71. The molecule has 0 atom stereocenters. The van der Waals surface area contributed by atoms with Crippen molar-refractivity contribution in [3.05, 3.63) is 289 Å². The minimum Gasteiger partial charge on any atom is -0.310 e. The molecule has 0 spiro atoms. The molecule has 0 amide bonds. The number of fused-ring (bicyclic) bond motifs is 4. The predicted octanol–water partition coefficient (Wildman–Crippen LogP) is 24.8. The Morgan fingerprint density at radius 1 is 0.253 bits per heavy atom. The molecular weight excluding hydrogens is 1050 g/mol. The molecule has 0 unspecified atom stereocenters. The molecule has 87 heavy (non-hydrogen) atoms. The highest BCUT2D eigenvalue weighted by Gasteiger charge is 2.42. The molecule has 432 valence electrons. The number of hydrogen-bond donors (Lipinski definition) is 0. The van der Waals surface area contributed by atoms with E-state index in [0.29, 0.717) is 0 Å². The zero-order valence-electron chi connectivity index (χ0n) is 51.1. The number of benzene rings is 11. The Morgan fingerprint density at radius 2 is 0.563 bits per heavy atom. The van der Waals surface area contributed by atoms with Gasteiger partial charge in [-0.05, 0) is 187 Å². The number of rotatable bonds is 25. The minimum absolute atomic E-state index is 0.00737. The van der Waals surface area contributed by atoms with E-state index >= 15 is 0 Å². The Kier molecular flexibility index (Phi) is 17.6. The maximum absolute atomic E-state index is 2.60. The molecule has 2 aliphatic carbocycles. The molecule has 13 rings (SSSR count). The summed E-state index contributed by atoms with van der Waals surface area (Å²) in [5.74, 6) is 0. The molecule has 0 bridgehead atoms. The molecule has 0 N–H and O–H groups in total. The molecule has 0 heterocycles. The first kappa shape index (κ1) is 57.1. The summed E-state index contributed by atoms with van der Waals surface area (Å²) < 4.78 is 0. The van der Waals surface area contributed by atoms with Gasteiger partial charge < -0.3 is 9.80 Å². The van der Waals surface area contributed by atoms with Gasteiger partial charge in [0.25, 0.3) is 0 Å². The fourth-order valence-electron chi connectivity index (χ4n) is 14.1. The molecule has 0 aromatic heterocycles. The lowest BCUT2D eigenvalue weighted by Gasteiger charge is -2.34. The molecule has 2 aliphatic rings. The molecule has 11 aromatic rings. The maximum Gasteiger partial charge on any atom is 0.0465 e. The molecule has 0 aliphatic heterocycles. The summed E-state index contributed by atoms with van der Waals surface area (Å²) in [7, 11) is 0. The van der Waals surface area contributed by atoms with Gasteiger partial charge in [-0.15, -0.1) is 0 Å². The van der Waals surface area contributed by atoms with Crippen LogP contribution in [0.4, 0.5) is 34.1 Å². The van der Waals surface area contributed by atoms with Gasteiger partial charge in [0.2, 0.25) is 0 Å². The van der Waals surface area contributed by atoms with Gasteiger partial charge in [-0.2, -0.15) is 0 Å². The first-order valence-corrected chi connectivity index (χ1v) is 32.7. The summed E-state index contributed by atoms with van der Waals surface area (Å²) in [6.45, 7) is 4.65. The van der Waals surface area contributed by atoms with Gasteiger partial charge in [0.15, 0.2) is 0 Å². The van der Waals surface area contributed by atoms with Gasteiger partial charge >= 0.3 is 0 Å². The molecule has 2 heteroatoms. The van der Waals surface area contributed by atoms with Crippen LogP contribution in [0.25, 0.3) is 66.8 Å². The van der Waals surface area contributed by atoms with Crippen molar-refractivity contribution in [2.45, 2.75) is 122 Å². The summed E-state index contributed by atoms with van der Waals surface area (Å²) in [5.41, 5.74) is 28.0. The SMILES string of the molecule is CCCCCCCCC1(CCCCCCCC)c2ccccc2-c2ccc(N(c3ccc(-c4ccccc4)cc3)c3ccc(-c4ccc(-c5ccc(N(c6ccc(-c7ccc(-c8ccccc8)cc7)cc6)c6ccc7c(c6)CC7)cc5)cc4)cc3)cc21. The highest BCUT2D eigenvalue weighted by atomic mass is 15.1. The second kappa shape index (κ2) is 26.7. The van der Waals surface area contributed by atoms with E-state index < -0.39 is 0 Å². The quantitative estimate of drug-likeness (QED) is 0.0526. The van der Waals surface area contributed by atoms with Gasteiger partial charge in [0.1, 0.15) is 0 Å². The normalized spacial score (nSPS) is 12.7. The van der Waals surface area contributed by atoms with Crippen LogP contribution in [0.5, 0.6) is 0 Å². The molecule has 0 radical (unpaired) electrons. The van der Waals surface area contributed by atoms with Crippen LogP contribution in [-0.2, 0) is 18.3 Å². The van der Waals surface area contributed by atoms with Crippen molar-refractivity contribution >= 4 is 34.1 Å². The fourth-order valence-corrected chi connectivity index (χ4v) is 14.1. The number of nitrogens with zero attached hydrogens (tertiary/aromatic N) is 2. The van der Waals surface area contributed by atoms with Crippen LogP contribution >= 0.6 is 0 Å².